The van der Waals surface area contributed by atoms with E-state index in [2.05, 4.69) is 25.1 Å². The molecule has 0 saturated carbocycles. The molecule has 0 spiro atoms. The number of hydrogen-bond acceptors (Lipinski definition) is 4. The van der Waals surface area contributed by atoms with Crippen molar-refractivity contribution in [2.45, 2.75) is 19.4 Å². The van der Waals surface area contributed by atoms with Gasteiger partial charge in [-0.25, -0.2) is 0 Å². The van der Waals surface area contributed by atoms with Gasteiger partial charge in [0.2, 0.25) is 0 Å². The highest BCUT2D eigenvalue weighted by molar-refractivity contribution is 7.20. The highest BCUT2D eigenvalue weighted by atomic mass is 35.5. The van der Waals surface area contributed by atoms with Crippen molar-refractivity contribution in [3.8, 4) is 0 Å². The van der Waals surface area contributed by atoms with Gasteiger partial charge in [0, 0.05) is 30.9 Å². The number of thiophene rings is 1. The molecule has 4 nitrogen and oxygen atoms in total. The minimum atomic E-state index is -0.0481. The SMILES string of the molecule is Cc1ccc2sc(C(=O)N3CCCOC(CN)C3)cc2c1.Cl. The molecular weight excluding hydrogens is 320 g/mol. The Kier molecular flexibility index (Phi) is 5.81. The monoisotopic (exact) mass is 340 g/mol. The predicted octanol–water partition coefficient (Wildman–Crippen LogP) is 2.82. The zero-order chi connectivity index (χ0) is 14.8. The van der Waals surface area contributed by atoms with Crippen LogP contribution in [0.25, 0.3) is 10.1 Å². The standard InChI is InChI=1S/C16H20N2O2S.ClH/c1-11-3-4-14-12(7-11)8-15(21-14)16(19)18-5-2-6-20-13(9-17)10-18;/h3-4,7-8,13H,2,5-6,9-10,17H2,1H3;1H. The summed E-state index contributed by atoms with van der Waals surface area (Å²) in [5.74, 6) is 0.0952. The zero-order valence-corrected chi connectivity index (χ0v) is 14.2. The molecule has 1 saturated heterocycles. The van der Waals surface area contributed by atoms with E-state index in [1.165, 1.54) is 5.56 Å². The van der Waals surface area contributed by atoms with E-state index in [1.807, 2.05) is 11.0 Å². The smallest absolute Gasteiger partial charge is 0.264 e. The number of halogens is 1. The normalized spacial score (nSPS) is 18.8. The maximum Gasteiger partial charge on any atom is 0.264 e. The molecule has 1 fully saturated rings. The number of carbonyl (C=O) groups is 1. The molecule has 1 amide bonds. The number of amides is 1. The molecule has 6 heteroatoms. The summed E-state index contributed by atoms with van der Waals surface area (Å²) >= 11 is 1.56. The minimum Gasteiger partial charge on any atom is -0.375 e. The van der Waals surface area contributed by atoms with Crippen molar-refractivity contribution in [3.63, 3.8) is 0 Å². The van der Waals surface area contributed by atoms with Gasteiger partial charge in [0.05, 0.1) is 11.0 Å². The van der Waals surface area contributed by atoms with Crippen LogP contribution >= 0.6 is 23.7 Å². The predicted molar refractivity (Wildman–Crippen MR) is 93.1 cm³/mol. The van der Waals surface area contributed by atoms with Gasteiger partial charge >= 0.3 is 0 Å². The molecule has 2 N–H and O–H groups in total. The van der Waals surface area contributed by atoms with Gasteiger partial charge in [-0.05, 0) is 30.9 Å². The first kappa shape index (κ1) is 17.2. The van der Waals surface area contributed by atoms with Crippen LogP contribution in [0.15, 0.2) is 24.3 Å². The largest absolute Gasteiger partial charge is 0.375 e. The average Bonchev–Trinajstić information content (AvgIpc) is 2.75. The van der Waals surface area contributed by atoms with Crippen LogP contribution in [0.2, 0.25) is 0 Å². The summed E-state index contributed by atoms with van der Waals surface area (Å²) < 4.78 is 6.79. The molecule has 1 aliphatic rings. The fraction of sp³-hybridized carbons (Fsp3) is 0.438. The lowest BCUT2D eigenvalue weighted by atomic mass is 10.2. The molecule has 0 aliphatic carbocycles. The summed E-state index contributed by atoms with van der Waals surface area (Å²) in [5.41, 5.74) is 6.90. The Morgan fingerprint density at radius 3 is 3.05 bits per heavy atom. The van der Waals surface area contributed by atoms with Gasteiger partial charge in [0.1, 0.15) is 0 Å². The van der Waals surface area contributed by atoms with Crippen molar-refractivity contribution in [2.75, 3.05) is 26.2 Å². The van der Waals surface area contributed by atoms with E-state index in [0.29, 0.717) is 19.7 Å². The molecule has 120 valence electrons. The maximum absolute atomic E-state index is 12.7. The minimum absolute atomic E-state index is 0. The van der Waals surface area contributed by atoms with E-state index in [1.54, 1.807) is 11.3 Å². The number of aryl methyl sites for hydroxylation is 1. The van der Waals surface area contributed by atoms with Crippen molar-refractivity contribution in [3.05, 3.63) is 34.7 Å². The molecular formula is C16H21ClN2O2S. The third-order valence-corrected chi connectivity index (χ3v) is 4.89. The third-order valence-electron chi connectivity index (χ3n) is 3.78. The first-order valence-electron chi connectivity index (χ1n) is 7.28. The second-order valence-corrected chi connectivity index (χ2v) is 6.57. The number of hydrogen-bond donors (Lipinski definition) is 1. The number of nitrogens with two attached hydrogens (primary N) is 1. The summed E-state index contributed by atoms with van der Waals surface area (Å²) in [6.45, 7) is 4.52. The molecule has 1 atom stereocenters. The summed E-state index contributed by atoms with van der Waals surface area (Å²) in [7, 11) is 0. The number of rotatable bonds is 2. The maximum atomic E-state index is 12.7. The van der Waals surface area contributed by atoms with E-state index in [9.17, 15) is 4.79 Å². The van der Waals surface area contributed by atoms with Crippen molar-refractivity contribution in [1.82, 2.24) is 4.90 Å². The topological polar surface area (TPSA) is 55.6 Å². The molecule has 3 rings (SSSR count). The second-order valence-electron chi connectivity index (χ2n) is 5.49. The Balaban J connectivity index is 0.00000176. The Labute approximate surface area is 140 Å². The van der Waals surface area contributed by atoms with Crippen molar-refractivity contribution in [1.29, 1.82) is 0 Å². The number of fused-ring (bicyclic) bond motifs is 1. The molecule has 2 heterocycles. The first-order chi connectivity index (χ1) is 10.2. The molecule has 1 aromatic heterocycles. The fourth-order valence-electron chi connectivity index (χ4n) is 2.65. The average molecular weight is 341 g/mol. The zero-order valence-electron chi connectivity index (χ0n) is 12.6. The van der Waals surface area contributed by atoms with Gasteiger partial charge in [-0.2, -0.15) is 0 Å². The van der Waals surface area contributed by atoms with Crippen LogP contribution in [0, 0.1) is 6.92 Å². The molecule has 1 unspecified atom stereocenters. The quantitative estimate of drug-likeness (QED) is 0.914. The highest BCUT2D eigenvalue weighted by Crippen LogP contribution is 2.27. The van der Waals surface area contributed by atoms with Gasteiger partial charge in [0.25, 0.3) is 5.91 Å². The van der Waals surface area contributed by atoms with E-state index >= 15 is 0 Å². The van der Waals surface area contributed by atoms with Gasteiger partial charge in [-0.3, -0.25) is 4.79 Å². The molecule has 1 aromatic carbocycles. The van der Waals surface area contributed by atoms with Crippen molar-refractivity contribution >= 4 is 39.7 Å². The Morgan fingerprint density at radius 1 is 1.45 bits per heavy atom. The van der Waals surface area contributed by atoms with E-state index in [4.69, 9.17) is 10.5 Å². The summed E-state index contributed by atoms with van der Waals surface area (Å²) in [4.78, 5) is 15.4. The van der Waals surface area contributed by atoms with Gasteiger partial charge in [-0.15, -0.1) is 23.7 Å². The van der Waals surface area contributed by atoms with Crippen molar-refractivity contribution in [2.24, 2.45) is 5.73 Å². The summed E-state index contributed by atoms with van der Waals surface area (Å²) in [5, 5.41) is 1.14. The van der Waals surface area contributed by atoms with Gasteiger partial charge in [0.15, 0.2) is 0 Å². The third kappa shape index (κ3) is 3.60. The molecule has 1 aliphatic heterocycles. The summed E-state index contributed by atoms with van der Waals surface area (Å²) in [6.07, 6.45) is 0.819. The first-order valence-corrected chi connectivity index (χ1v) is 8.10. The van der Waals surface area contributed by atoms with Crippen molar-refractivity contribution < 1.29 is 9.53 Å². The summed E-state index contributed by atoms with van der Waals surface area (Å²) in [6, 6.07) is 8.28. The second kappa shape index (κ2) is 7.42. The fourth-order valence-corrected chi connectivity index (χ4v) is 3.66. The molecule has 22 heavy (non-hydrogen) atoms. The van der Waals surface area contributed by atoms with Gasteiger partial charge in [-0.1, -0.05) is 17.7 Å². The van der Waals surface area contributed by atoms with Crippen LogP contribution in [0.5, 0.6) is 0 Å². The Bertz CT molecular complexity index is 659. The lowest BCUT2D eigenvalue weighted by molar-refractivity contribution is 0.0522. The number of carbonyl (C=O) groups excluding carboxylic acids is 1. The highest BCUT2D eigenvalue weighted by Gasteiger charge is 2.23. The van der Waals surface area contributed by atoms with Crippen LogP contribution in [0.3, 0.4) is 0 Å². The van der Waals surface area contributed by atoms with E-state index in [0.717, 1.165) is 27.9 Å². The Hall–Kier alpha value is -1.14. The number of nitrogens with zero attached hydrogens (tertiary/aromatic N) is 1. The molecule has 0 radical (unpaired) electrons. The van der Waals surface area contributed by atoms with Gasteiger partial charge < -0.3 is 15.4 Å². The lowest BCUT2D eigenvalue weighted by Gasteiger charge is -2.22. The van der Waals surface area contributed by atoms with Crippen LogP contribution in [-0.2, 0) is 4.74 Å². The van der Waals surface area contributed by atoms with E-state index < -0.39 is 0 Å². The number of benzene rings is 1. The van der Waals surface area contributed by atoms with E-state index in [-0.39, 0.29) is 24.4 Å². The molecule has 2 aromatic rings. The Morgan fingerprint density at radius 2 is 2.27 bits per heavy atom. The molecule has 0 bridgehead atoms. The van der Waals surface area contributed by atoms with Crippen LogP contribution in [-0.4, -0.2) is 43.2 Å². The van der Waals surface area contributed by atoms with Crippen LogP contribution in [0.1, 0.15) is 21.7 Å². The van der Waals surface area contributed by atoms with Crippen LogP contribution in [0.4, 0.5) is 0 Å². The van der Waals surface area contributed by atoms with Crippen LogP contribution < -0.4 is 5.73 Å². The number of ether oxygens (including phenoxy) is 1. The lowest BCUT2D eigenvalue weighted by Crippen LogP contribution is -2.39.